The van der Waals surface area contributed by atoms with Crippen LogP contribution in [0.15, 0.2) is 30.3 Å². The molecule has 1 unspecified atom stereocenters. The van der Waals surface area contributed by atoms with Gasteiger partial charge in [-0.05, 0) is 51.4 Å². The molecule has 0 bridgehead atoms. The molecule has 3 heteroatoms. The van der Waals surface area contributed by atoms with Gasteiger partial charge < -0.3 is 9.80 Å². The molecule has 1 atom stereocenters. The predicted octanol–water partition coefficient (Wildman–Crippen LogP) is 2.91. The lowest BCUT2D eigenvalue weighted by atomic mass is 9.70. The van der Waals surface area contributed by atoms with Crippen molar-refractivity contribution in [3.63, 3.8) is 0 Å². The van der Waals surface area contributed by atoms with Crippen LogP contribution in [-0.2, 0) is 4.79 Å². The van der Waals surface area contributed by atoms with Crippen LogP contribution < -0.4 is 4.90 Å². The summed E-state index contributed by atoms with van der Waals surface area (Å²) < 4.78 is 0. The summed E-state index contributed by atoms with van der Waals surface area (Å²) in [5.41, 5.74) is 0.993. The van der Waals surface area contributed by atoms with Crippen molar-refractivity contribution in [1.82, 2.24) is 4.90 Å². The molecule has 0 radical (unpaired) electrons. The number of piperidine rings is 1. The zero-order valence-corrected chi connectivity index (χ0v) is 12.5. The van der Waals surface area contributed by atoms with Crippen molar-refractivity contribution in [2.45, 2.75) is 39.2 Å². The normalized spacial score (nSPS) is 23.7. The van der Waals surface area contributed by atoms with E-state index in [1.54, 1.807) is 0 Å². The third-order valence-corrected chi connectivity index (χ3v) is 5.20. The Morgan fingerprint density at radius 1 is 1.20 bits per heavy atom. The van der Waals surface area contributed by atoms with E-state index in [9.17, 15) is 4.79 Å². The number of amides is 1. The zero-order chi connectivity index (χ0) is 14.2. The largest absolute Gasteiger partial charge is 0.311 e. The van der Waals surface area contributed by atoms with Gasteiger partial charge in [0.05, 0.1) is 5.41 Å². The molecule has 1 amide bonds. The van der Waals surface area contributed by atoms with Gasteiger partial charge in [0.2, 0.25) is 5.91 Å². The van der Waals surface area contributed by atoms with E-state index in [-0.39, 0.29) is 5.41 Å². The predicted molar refractivity (Wildman–Crippen MR) is 81.8 cm³/mol. The van der Waals surface area contributed by atoms with Crippen molar-refractivity contribution in [2.75, 3.05) is 24.5 Å². The highest BCUT2D eigenvalue weighted by atomic mass is 16.2. The zero-order valence-electron chi connectivity index (χ0n) is 12.5. The summed E-state index contributed by atoms with van der Waals surface area (Å²) in [5, 5.41) is 0. The van der Waals surface area contributed by atoms with Crippen LogP contribution in [0, 0.1) is 5.41 Å². The SMILES string of the molecule is CCC(C)N1CCC2(CC1)CN(c1ccccc1)C2=O. The summed E-state index contributed by atoms with van der Waals surface area (Å²) in [5.74, 6) is 0.340. The molecule has 1 spiro atoms. The van der Waals surface area contributed by atoms with E-state index in [2.05, 4.69) is 18.7 Å². The number of carbonyl (C=O) groups is 1. The summed E-state index contributed by atoms with van der Waals surface area (Å²) in [6.45, 7) is 7.58. The molecule has 3 rings (SSSR count). The fourth-order valence-electron chi connectivity index (χ4n) is 3.48. The van der Waals surface area contributed by atoms with Crippen molar-refractivity contribution < 1.29 is 4.79 Å². The molecule has 108 valence electrons. The second-order valence-corrected chi connectivity index (χ2v) is 6.30. The average Bonchev–Trinajstić information content (AvgIpc) is 2.52. The summed E-state index contributed by atoms with van der Waals surface area (Å²) in [4.78, 5) is 17.1. The van der Waals surface area contributed by atoms with E-state index in [0.29, 0.717) is 11.9 Å². The first kappa shape index (κ1) is 13.6. The second-order valence-electron chi connectivity index (χ2n) is 6.30. The molecule has 0 aliphatic carbocycles. The molecule has 2 aliphatic rings. The third-order valence-electron chi connectivity index (χ3n) is 5.20. The van der Waals surface area contributed by atoms with Crippen LogP contribution in [0.5, 0.6) is 0 Å². The Labute approximate surface area is 121 Å². The van der Waals surface area contributed by atoms with Crippen molar-refractivity contribution in [2.24, 2.45) is 5.41 Å². The quantitative estimate of drug-likeness (QED) is 0.790. The van der Waals surface area contributed by atoms with Gasteiger partial charge in [0.1, 0.15) is 0 Å². The van der Waals surface area contributed by atoms with Gasteiger partial charge in [-0.2, -0.15) is 0 Å². The van der Waals surface area contributed by atoms with Gasteiger partial charge in [0.15, 0.2) is 0 Å². The van der Waals surface area contributed by atoms with E-state index in [0.717, 1.165) is 38.2 Å². The minimum Gasteiger partial charge on any atom is -0.311 e. The van der Waals surface area contributed by atoms with Crippen LogP contribution >= 0.6 is 0 Å². The Balaban J connectivity index is 1.63. The number of β-lactam (4-membered cyclic amide) rings is 1. The van der Waals surface area contributed by atoms with Crippen LogP contribution in [0.4, 0.5) is 5.69 Å². The Hall–Kier alpha value is -1.35. The standard InChI is InChI=1S/C17H24N2O/c1-3-14(2)18-11-9-17(10-12-18)13-19(16(17)20)15-7-5-4-6-8-15/h4-8,14H,3,9-13H2,1-2H3. The highest BCUT2D eigenvalue weighted by molar-refractivity contribution is 6.04. The first-order chi connectivity index (χ1) is 9.66. The number of nitrogens with zero attached hydrogens (tertiary/aromatic N) is 2. The van der Waals surface area contributed by atoms with Gasteiger partial charge in [-0.25, -0.2) is 0 Å². The number of rotatable bonds is 3. The van der Waals surface area contributed by atoms with E-state index in [1.165, 1.54) is 6.42 Å². The Morgan fingerprint density at radius 3 is 2.40 bits per heavy atom. The number of likely N-dealkylation sites (tertiary alicyclic amines) is 1. The summed E-state index contributed by atoms with van der Waals surface area (Å²) in [6, 6.07) is 10.7. The van der Waals surface area contributed by atoms with Crippen molar-refractivity contribution in [3.05, 3.63) is 30.3 Å². The molecule has 2 saturated heterocycles. The minimum absolute atomic E-state index is 0.0558. The van der Waals surface area contributed by atoms with Gasteiger partial charge in [-0.1, -0.05) is 25.1 Å². The Kier molecular flexibility index (Phi) is 3.55. The van der Waals surface area contributed by atoms with Crippen LogP contribution in [0.2, 0.25) is 0 Å². The van der Waals surface area contributed by atoms with Crippen molar-refractivity contribution >= 4 is 11.6 Å². The van der Waals surface area contributed by atoms with Crippen LogP contribution in [-0.4, -0.2) is 36.5 Å². The smallest absolute Gasteiger partial charge is 0.235 e. The monoisotopic (exact) mass is 272 g/mol. The Bertz CT molecular complexity index is 477. The lowest BCUT2D eigenvalue weighted by Crippen LogP contribution is -2.65. The van der Waals surface area contributed by atoms with E-state index >= 15 is 0 Å². The molecule has 1 aromatic carbocycles. The van der Waals surface area contributed by atoms with Crippen LogP contribution in [0.1, 0.15) is 33.1 Å². The second kappa shape index (κ2) is 5.21. The minimum atomic E-state index is -0.0558. The average molecular weight is 272 g/mol. The van der Waals surface area contributed by atoms with Crippen LogP contribution in [0.25, 0.3) is 0 Å². The number of para-hydroxylation sites is 1. The summed E-state index contributed by atoms with van der Waals surface area (Å²) in [6.07, 6.45) is 3.25. The lowest BCUT2D eigenvalue weighted by molar-refractivity contribution is -0.139. The first-order valence-electron chi connectivity index (χ1n) is 7.77. The number of hydrogen-bond acceptors (Lipinski definition) is 2. The Morgan fingerprint density at radius 2 is 1.85 bits per heavy atom. The van der Waals surface area contributed by atoms with Gasteiger partial charge in [-0.15, -0.1) is 0 Å². The number of anilines is 1. The molecule has 3 nitrogen and oxygen atoms in total. The maximum absolute atomic E-state index is 12.6. The maximum Gasteiger partial charge on any atom is 0.235 e. The van der Waals surface area contributed by atoms with E-state index in [1.807, 2.05) is 35.2 Å². The first-order valence-corrected chi connectivity index (χ1v) is 7.77. The highest BCUT2D eigenvalue weighted by Gasteiger charge is 2.53. The van der Waals surface area contributed by atoms with E-state index in [4.69, 9.17) is 0 Å². The molecule has 0 N–H and O–H groups in total. The van der Waals surface area contributed by atoms with Gasteiger partial charge in [0.25, 0.3) is 0 Å². The third kappa shape index (κ3) is 2.14. The molecule has 1 aromatic rings. The fourth-order valence-corrected chi connectivity index (χ4v) is 3.48. The number of benzene rings is 1. The molecule has 2 fully saturated rings. The van der Waals surface area contributed by atoms with Gasteiger partial charge in [-0.3, -0.25) is 4.79 Å². The number of hydrogen-bond donors (Lipinski definition) is 0. The lowest BCUT2D eigenvalue weighted by Gasteiger charge is -2.53. The summed E-state index contributed by atoms with van der Waals surface area (Å²) in [7, 11) is 0. The molecular formula is C17H24N2O. The number of carbonyl (C=O) groups excluding carboxylic acids is 1. The van der Waals surface area contributed by atoms with Crippen molar-refractivity contribution in [3.8, 4) is 0 Å². The highest BCUT2D eigenvalue weighted by Crippen LogP contribution is 2.44. The van der Waals surface area contributed by atoms with E-state index < -0.39 is 0 Å². The topological polar surface area (TPSA) is 23.6 Å². The van der Waals surface area contributed by atoms with Gasteiger partial charge >= 0.3 is 0 Å². The fraction of sp³-hybridized carbons (Fsp3) is 0.588. The van der Waals surface area contributed by atoms with Crippen LogP contribution in [0.3, 0.4) is 0 Å². The molecular weight excluding hydrogens is 248 g/mol. The summed E-state index contributed by atoms with van der Waals surface area (Å²) >= 11 is 0. The maximum atomic E-state index is 12.6. The molecule has 2 heterocycles. The molecule has 2 aliphatic heterocycles. The molecule has 20 heavy (non-hydrogen) atoms. The molecule has 0 saturated carbocycles. The van der Waals surface area contributed by atoms with Crippen molar-refractivity contribution in [1.29, 1.82) is 0 Å². The van der Waals surface area contributed by atoms with Gasteiger partial charge in [0, 0.05) is 18.3 Å². The molecule has 0 aromatic heterocycles.